The minimum atomic E-state index is 0.996. The molecule has 4 aromatic rings. The number of hydrogen-bond acceptors (Lipinski definition) is 0. The van der Waals surface area contributed by atoms with Crippen LogP contribution >= 0.6 is 0 Å². The van der Waals surface area contributed by atoms with Crippen molar-refractivity contribution in [3.63, 3.8) is 0 Å². The van der Waals surface area contributed by atoms with Gasteiger partial charge in [-0.15, -0.1) is 0 Å². The summed E-state index contributed by atoms with van der Waals surface area (Å²) in [5.74, 6) is 0. The van der Waals surface area contributed by atoms with Crippen LogP contribution in [0.5, 0.6) is 0 Å². The zero-order chi connectivity index (χ0) is 43.9. The molecule has 4 aromatic carbocycles. The summed E-state index contributed by atoms with van der Waals surface area (Å²) in [5.41, 5.74) is 21.7. The average molecular weight is 878 g/mol. The molecule has 0 saturated heterocycles. The zero-order valence-electron chi connectivity index (χ0n) is 39.4. The van der Waals surface area contributed by atoms with Crippen LogP contribution in [0.15, 0.2) is 132 Å². The van der Waals surface area contributed by atoms with Gasteiger partial charge in [0.1, 0.15) is 0 Å². The van der Waals surface area contributed by atoms with Crippen molar-refractivity contribution >= 4 is 20.5 Å². The van der Waals surface area contributed by atoms with Gasteiger partial charge in [0.2, 0.25) is 11.4 Å². The molecule has 2 nitrogen and oxygen atoms in total. The van der Waals surface area contributed by atoms with Gasteiger partial charge in [-0.05, 0) is 82.1 Å². The van der Waals surface area contributed by atoms with Gasteiger partial charge in [-0.2, -0.15) is 0 Å². The van der Waals surface area contributed by atoms with E-state index in [-0.39, 0.29) is 0 Å². The fraction of sp³-hybridized carbons (Fsp3) is 0.492. The molecule has 5 rings (SSSR count). The van der Waals surface area contributed by atoms with E-state index in [0.717, 1.165) is 55.5 Å². The van der Waals surface area contributed by atoms with Crippen LogP contribution in [0.25, 0.3) is 16.9 Å². The molecule has 338 valence electrons. The molecule has 0 bridgehead atoms. The molecule has 3 heteroatoms. The van der Waals surface area contributed by atoms with Gasteiger partial charge >= 0.3 is 84.2 Å². The summed E-state index contributed by atoms with van der Waals surface area (Å²) in [6.45, 7) is 9.00. The molecule has 0 N–H and O–H groups in total. The third-order valence-corrected chi connectivity index (χ3v) is 13.3. The molecule has 0 spiro atoms. The monoisotopic (exact) mass is 877 g/mol. The van der Waals surface area contributed by atoms with Crippen molar-refractivity contribution in [2.75, 3.05) is 0 Å². The van der Waals surface area contributed by atoms with E-state index in [4.69, 9.17) is 0 Å². The summed E-state index contributed by atoms with van der Waals surface area (Å²) in [7, 11) is 0. The second-order valence-corrected chi connectivity index (χ2v) is 18.8. The quantitative estimate of drug-likeness (QED) is 0.0216. The van der Waals surface area contributed by atoms with E-state index in [9.17, 15) is 5.53 Å². The first-order valence-corrected chi connectivity index (χ1v) is 26.0. The summed E-state index contributed by atoms with van der Waals surface area (Å²) in [6, 6.07) is 38.4. The molecule has 1 aliphatic heterocycles. The fourth-order valence-corrected chi connectivity index (χ4v) is 9.62. The summed E-state index contributed by atoms with van der Waals surface area (Å²) < 4.78 is 4.18. The van der Waals surface area contributed by atoms with Crippen LogP contribution in [0, 0.1) is 6.92 Å². The predicted molar refractivity (Wildman–Crippen MR) is 268 cm³/mol. The van der Waals surface area contributed by atoms with E-state index >= 15 is 0 Å². The van der Waals surface area contributed by atoms with E-state index in [1.165, 1.54) is 159 Å². The van der Waals surface area contributed by atoms with Crippen molar-refractivity contribution in [1.29, 1.82) is 0 Å². The number of benzene rings is 4. The Labute approximate surface area is 386 Å². The van der Waals surface area contributed by atoms with E-state index in [1.807, 2.05) is 12.1 Å². The van der Waals surface area contributed by atoms with Gasteiger partial charge in [-0.3, -0.25) is 0 Å². The standard InChI is InChI=1S/C47H72N2.2C6H5.Ni/c1-5-8-11-12-13-14-15-16-17-18-19-20-21-22-23-24-25-28-33-41-34-29-30-36-43(41)47-45(38-27-10-7-3)44(37-26-9-6-2)46(49(47)48)42-35-31-32-40(4)39-42;2*1-2-4-6-5-3-1;/h24-25,29-32,34-36,39H,5-23,26-28,33,37-38H2,1-4H3;2*1-5H;. The Bertz CT molecular complexity index is 1870. The molecule has 0 aliphatic carbocycles. The Balaban J connectivity index is 0.000000547. The molecule has 1 heterocycles. The topological polar surface area (TPSA) is 25.3 Å². The Morgan fingerprint density at radius 1 is 0.452 bits per heavy atom. The predicted octanol–water partition coefficient (Wildman–Crippen LogP) is 17.4. The molecule has 0 saturated carbocycles. The van der Waals surface area contributed by atoms with E-state index in [2.05, 4.69) is 137 Å². The fourth-order valence-electron chi connectivity index (χ4n) is 8.58. The molecule has 0 atom stereocenters. The summed E-state index contributed by atoms with van der Waals surface area (Å²) in [4.78, 5) is 0. The Morgan fingerprint density at radius 3 is 1.47 bits per heavy atom. The first kappa shape index (κ1) is 50.8. The molecule has 0 unspecified atom stereocenters. The van der Waals surface area contributed by atoms with E-state index in [1.54, 1.807) is 19.1 Å². The summed E-state index contributed by atoms with van der Waals surface area (Å²) >= 11 is 1.60. The van der Waals surface area contributed by atoms with Crippen LogP contribution in [0.1, 0.15) is 197 Å². The van der Waals surface area contributed by atoms with Gasteiger partial charge < -0.3 is 5.53 Å². The van der Waals surface area contributed by atoms with Gasteiger partial charge in [0.15, 0.2) is 0 Å². The van der Waals surface area contributed by atoms with Crippen LogP contribution in [-0.4, -0.2) is 4.70 Å². The van der Waals surface area contributed by atoms with Crippen LogP contribution in [0.3, 0.4) is 0 Å². The molecule has 62 heavy (non-hydrogen) atoms. The first-order chi connectivity index (χ1) is 30.6. The molecule has 0 aromatic heterocycles. The van der Waals surface area contributed by atoms with Gasteiger partial charge in [-0.25, -0.2) is 4.70 Å². The second kappa shape index (κ2) is 31.9. The molecule has 1 aliphatic rings. The van der Waals surface area contributed by atoms with Crippen LogP contribution in [-0.2, 0) is 20.9 Å². The van der Waals surface area contributed by atoms with Crippen molar-refractivity contribution < 1.29 is 19.1 Å². The Morgan fingerprint density at radius 2 is 0.919 bits per heavy atom. The number of allylic oxidation sites excluding steroid dienone is 4. The number of hydrogen-bond donors (Lipinski definition) is 0. The summed E-state index contributed by atoms with van der Waals surface area (Å²) in [6.07, 6.45) is 37.0. The van der Waals surface area contributed by atoms with Gasteiger partial charge in [-0.1, -0.05) is 178 Å². The molecule has 0 radical (unpaired) electrons. The number of rotatable bonds is 30. The zero-order valence-corrected chi connectivity index (χ0v) is 40.4. The SMILES string of the molecule is CCCCCCCCCCCCCCCCC=CCCc1ccccc1C1=C(CCCCC)C(CCCCC)=C(c2cccc(C)c2)[N+]1=[N-].c1cc[c]([Ni][c]2ccccc2)cc1. The van der Waals surface area contributed by atoms with Gasteiger partial charge in [0.05, 0.1) is 0 Å². The molecule has 0 amide bonds. The normalized spacial score (nSPS) is 12.8. The van der Waals surface area contributed by atoms with Crippen LogP contribution in [0.2, 0.25) is 0 Å². The van der Waals surface area contributed by atoms with E-state index < -0.39 is 0 Å². The van der Waals surface area contributed by atoms with Crippen molar-refractivity contribution in [2.45, 2.75) is 188 Å². The number of unbranched alkanes of at least 4 members (excludes halogenated alkanes) is 18. The number of nitrogens with zero attached hydrogens (tertiary/aromatic N) is 2. The maximum absolute atomic E-state index is 12.1. The maximum atomic E-state index is 12.1. The van der Waals surface area contributed by atoms with Crippen LogP contribution in [0.4, 0.5) is 0 Å². The van der Waals surface area contributed by atoms with Crippen molar-refractivity contribution in [3.05, 3.63) is 160 Å². The average Bonchev–Trinajstić information content (AvgIpc) is 3.56. The summed E-state index contributed by atoms with van der Waals surface area (Å²) in [5, 5.41) is 0. The third kappa shape index (κ3) is 18.9. The third-order valence-electron chi connectivity index (χ3n) is 12.1. The van der Waals surface area contributed by atoms with Gasteiger partial charge in [0, 0.05) is 22.3 Å². The second-order valence-electron chi connectivity index (χ2n) is 17.4. The molecular formula is C59H82N2Ni. The molecule has 0 fully saturated rings. The van der Waals surface area contributed by atoms with Crippen molar-refractivity contribution in [1.82, 2.24) is 0 Å². The first-order valence-electron chi connectivity index (χ1n) is 25.0. The van der Waals surface area contributed by atoms with Gasteiger partial charge in [0.25, 0.3) is 0 Å². The van der Waals surface area contributed by atoms with Crippen molar-refractivity contribution in [2.24, 2.45) is 0 Å². The van der Waals surface area contributed by atoms with E-state index in [0.29, 0.717) is 0 Å². The molecular weight excluding hydrogens is 795 g/mol. The number of aryl methyl sites for hydroxylation is 2. The Kier molecular flexibility index (Phi) is 26.2. The van der Waals surface area contributed by atoms with Crippen molar-refractivity contribution in [3.8, 4) is 0 Å². The Hall–Kier alpha value is -3.81. The minimum absolute atomic E-state index is 0.996. The van der Waals surface area contributed by atoms with Crippen LogP contribution < -0.4 is 9.07 Å².